The van der Waals surface area contributed by atoms with Crippen LogP contribution in [0.15, 0.2) is 0 Å². The summed E-state index contributed by atoms with van der Waals surface area (Å²) in [4.78, 5) is 7.66. The number of hydrogen-bond donors (Lipinski definition) is 1. The highest BCUT2D eigenvalue weighted by molar-refractivity contribution is 14.1. The molecule has 0 saturated heterocycles. The first kappa shape index (κ1) is 8.92. The molecule has 1 aromatic rings. The monoisotopic (exact) mass is 372 g/mol. The van der Waals surface area contributed by atoms with Gasteiger partial charge >= 0.3 is 0 Å². The van der Waals surface area contributed by atoms with Crippen LogP contribution in [0.4, 0.5) is 5.95 Å². The first-order valence-corrected chi connectivity index (χ1v) is 4.69. The maximum atomic E-state index is 8.61. The number of halogens is 2. The molecule has 1 heterocycles. The molecule has 0 radical (unpaired) electrons. The fourth-order valence-electron chi connectivity index (χ4n) is 0.515. The van der Waals surface area contributed by atoms with E-state index in [-0.39, 0.29) is 5.95 Å². The predicted molar refractivity (Wildman–Crippen MR) is 56.6 cm³/mol. The van der Waals surface area contributed by atoms with E-state index in [9.17, 15) is 0 Å². The van der Waals surface area contributed by atoms with Crippen molar-refractivity contribution in [3.05, 3.63) is 13.0 Å². The van der Waals surface area contributed by atoms with Crippen molar-refractivity contribution >= 4 is 51.1 Å². The summed E-state index contributed by atoms with van der Waals surface area (Å²) in [6.07, 6.45) is 0. The molecule has 0 fully saturated rings. The average Bonchev–Trinajstić information content (AvgIpc) is 1.85. The number of anilines is 1. The maximum absolute atomic E-state index is 8.61. The Morgan fingerprint density at radius 1 is 1.27 bits per heavy atom. The zero-order chi connectivity index (χ0) is 8.43. The molecule has 0 amide bonds. The number of nitrogen functional groups attached to an aromatic ring is 1. The first-order chi connectivity index (χ1) is 5.15. The molecule has 1 aromatic heterocycles. The van der Waals surface area contributed by atoms with Gasteiger partial charge < -0.3 is 5.73 Å². The van der Waals surface area contributed by atoms with Gasteiger partial charge in [0.15, 0.2) is 0 Å². The zero-order valence-electron chi connectivity index (χ0n) is 5.17. The molecule has 56 valence electrons. The summed E-state index contributed by atoms with van der Waals surface area (Å²) in [6, 6.07) is 2.00. The summed E-state index contributed by atoms with van der Waals surface area (Å²) < 4.78 is 1.20. The SMILES string of the molecule is N#Cc1c(I)nc(N)nc1I. The van der Waals surface area contributed by atoms with Gasteiger partial charge in [0, 0.05) is 0 Å². The van der Waals surface area contributed by atoms with Gasteiger partial charge in [0.1, 0.15) is 19.0 Å². The molecule has 1 rings (SSSR count). The van der Waals surface area contributed by atoms with Crippen molar-refractivity contribution in [2.24, 2.45) is 0 Å². The van der Waals surface area contributed by atoms with Gasteiger partial charge in [0.05, 0.1) is 0 Å². The molecular formula is C5H2I2N4. The van der Waals surface area contributed by atoms with Crippen molar-refractivity contribution in [3.8, 4) is 6.07 Å². The quantitative estimate of drug-likeness (QED) is 0.548. The van der Waals surface area contributed by atoms with Crippen LogP contribution in [0.2, 0.25) is 0 Å². The van der Waals surface area contributed by atoms with Gasteiger partial charge in [0.2, 0.25) is 5.95 Å². The van der Waals surface area contributed by atoms with Gasteiger partial charge in [-0.25, -0.2) is 9.97 Å². The Labute approximate surface area is 90.5 Å². The van der Waals surface area contributed by atoms with E-state index in [1.54, 1.807) is 0 Å². The maximum Gasteiger partial charge on any atom is 0.222 e. The molecule has 0 spiro atoms. The van der Waals surface area contributed by atoms with Gasteiger partial charge in [-0.2, -0.15) is 5.26 Å². The van der Waals surface area contributed by atoms with Crippen LogP contribution in [-0.4, -0.2) is 9.97 Å². The molecule has 6 heteroatoms. The number of rotatable bonds is 0. The molecule has 0 unspecified atom stereocenters. The van der Waals surface area contributed by atoms with Crippen LogP contribution in [0, 0.1) is 18.7 Å². The van der Waals surface area contributed by atoms with E-state index in [1.807, 2.05) is 51.3 Å². The second kappa shape index (κ2) is 3.48. The van der Waals surface area contributed by atoms with E-state index >= 15 is 0 Å². The van der Waals surface area contributed by atoms with Crippen LogP contribution in [0.25, 0.3) is 0 Å². The lowest BCUT2D eigenvalue weighted by atomic mass is 10.4. The Bertz CT molecular complexity index is 307. The lowest BCUT2D eigenvalue weighted by Gasteiger charge is -1.97. The molecule has 4 nitrogen and oxygen atoms in total. The molecule has 2 N–H and O–H groups in total. The molecule has 0 atom stereocenters. The normalized spacial score (nSPS) is 9.18. The summed E-state index contributed by atoms with van der Waals surface area (Å²) in [7, 11) is 0. The Kier molecular flexibility index (Phi) is 2.83. The number of nitrogens with zero attached hydrogens (tertiary/aromatic N) is 3. The second-order valence-corrected chi connectivity index (χ2v) is 3.69. The molecule has 0 aromatic carbocycles. The Hall–Kier alpha value is -0.170. The topological polar surface area (TPSA) is 75.6 Å². The van der Waals surface area contributed by atoms with Crippen LogP contribution in [0.1, 0.15) is 5.56 Å². The summed E-state index contributed by atoms with van der Waals surface area (Å²) in [5, 5.41) is 8.61. The van der Waals surface area contributed by atoms with Gasteiger partial charge in [-0.05, 0) is 45.2 Å². The summed E-state index contributed by atoms with van der Waals surface area (Å²) in [5.74, 6) is 0.206. The van der Waals surface area contributed by atoms with Crippen LogP contribution >= 0.6 is 45.2 Å². The third kappa shape index (κ3) is 1.90. The Balaban J connectivity index is 3.40. The van der Waals surface area contributed by atoms with Crippen molar-refractivity contribution in [2.45, 2.75) is 0 Å². The number of nitriles is 1. The van der Waals surface area contributed by atoms with E-state index < -0.39 is 0 Å². The third-order valence-electron chi connectivity index (χ3n) is 0.950. The van der Waals surface area contributed by atoms with E-state index in [4.69, 9.17) is 11.0 Å². The van der Waals surface area contributed by atoms with E-state index in [2.05, 4.69) is 9.97 Å². The van der Waals surface area contributed by atoms with Crippen LogP contribution in [0.5, 0.6) is 0 Å². The van der Waals surface area contributed by atoms with Crippen molar-refractivity contribution in [1.82, 2.24) is 9.97 Å². The van der Waals surface area contributed by atoms with E-state index in [1.165, 1.54) is 0 Å². The average molecular weight is 372 g/mol. The van der Waals surface area contributed by atoms with Crippen LogP contribution in [-0.2, 0) is 0 Å². The fourth-order valence-corrected chi connectivity index (χ4v) is 2.28. The molecule has 0 saturated carbocycles. The van der Waals surface area contributed by atoms with Crippen LogP contribution < -0.4 is 5.73 Å². The van der Waals surface area contributed by atoms with Gasteiger partial charge in [-0.15, -0.1) is 0 Å². The molecule has 0 bridgehead atoms. The lowest BCUT2D eigenvalue weighted by Crippen LogP contribution is -2.02. The van der Waals surface area contributed by atoms with Crippen molar-refractivity contribution in [3.63, 3.8) is 0 Å². The van der Waals surface area contributed by atoms with Crippen LogP contribution in [0.3, 0.4) is 0 Å². The Morgan fingerprint density at radius 2 is 1.73 bits per heavy atom. The standard InChI is InChI=1S/C5H2I2N4/c6-3-2(1-8)4(7)11-5(9)10-3/h(H2,9,10,11). The minimum atomic E-state index is 0.206. The zero-order valence-corrected chi connectivity index (χ0v) is 9.49. The number of aromatic nitrogens is 2. The minimum Gasteiger partial charge on any atom is -0.368 e. The van der Waals surface area contributed by atoms with Crippen molar-refractivity contribution in [2.75, 3.05) is 5.73 Å². The molecule has 0 aliphatic carbocycles. The lowest BCUT2D eigenvalue weighted by molar-refractivity contribution is 1.11. The highest BCUT2D eigenvalue weighted by atomic mass is 127. The number of hydrogen-bond acceptors (Lipinski definition) is 4. The second-order valence-electron chi connectivity index (χ2n) is 1.65. The molecule has 0 aliphatic heterocycles. The highest BCUT2D eigenvalue weighted by Gasteiger charge is 2.07. The summed E-state index contributed by atoms with van der Waals surface area (Å²) >= 11 is 3.91. The van der Waals surface area contributed by atoms with Gasteiger partial charge in [0.25, 0.3) is 0 Å². The fraction of sp³-hybridized carbons (Fsp3) is 0. The predicted octanol–water partition coefficient (Wildman–Crippen LogP) is 1.14. The molecular weight excluding hydrogens is 370 g/mol. The molecule has 0 aliphatic rings. The Morgan fingerprint density at radius 3 is 2.09 bits per heavy atom. The first-order valence-electron chi connectivity index (χ1n) is 2.53. The smallest absolute Gasteiger partial charge is 0.222 e. The van der Waals surface area contributed by atoms with Gasteiger partial charge in [-0.1, -0.05) is 0 Å². The highest BCUT2D eigenvalue weighted by Crippen LogP contribution is 2.14. The third-order valence-corrected chi connectivity index (χ3v) is 2.51. The number of nitrogens with two attached hydrogens (primary N) is 1. The molecule has 11 heavy (non-hydrogen) atoms. The summed E-state index contributed by atoms with van der Waals surface area (Å²) in [6.45, 7) is 0. The minimum absolute atomic E-state index is 0.206. The summed E-state index contributed by atoms with van der Waals surface area (Å²) in [5.41, 5.74) is 5.83. The van der Waals surface area contributed by atoms with E-state index in [0.717, 1.165) is 0 Å². The van der Waals surface area contributed by atoms with Crippen molar-refractivity contribution in [1.29, 1.82) is 5.26 Å². The van der Waals surface area contributed by atoms with Gasteiger partial charge in [-0.3, -0.25) is 0 Å². The largest absolute Gasteiger partial charge is 0.368 e. The van der Waals surface area contributed by atoms with E-state index in [0.29, 0.717) is 13.0 Å². The van der Waals surface area contributed by atoms with Crippen molar-refractivity contribution < 1.29 is 0 Å².